The second-order valence-electron chi connectivity index (χ2n) is 8.56. The van der Waals surface area contributed by atoms with Gasteiger partial charge in [0, 0.05) is 38.3 Å². The number of sulfone groups is 1. The van der Waals surface area contributed by atoms with E-state index in [2.05, 4.69) is 4.98 Å². The number of rotatable bonds is 4. The van der Waals surface area contributed by atoms with Gasteiger partial charge in [-0.2, -0.15) is 0 Å². The molecule has 1 saturated heterocycles. The molecule has 31 heavy (non-hydrogen) atoms. The van der Waals surface area contributed by atoms with E-state index in [4.69, 9.17) is 9.15 Å². The molecule has 0 spiro atoms. The van der Waals surface area contributed by atoms with Crippen LogP contribution in [-0.4, -0.2) is 66.7 Å². The lowest BCUT2D eigenvalue weighted by atomic mass is 10.0. The second-order valence-corrected chi connectivity index (χ2v) is 10.7. The number of hydrogen-bond acceptors (Lipinski definition) is 7. The summed E-state index contributed by atoms with van der Waals surface area (Å²) in [6, 6.07) is 6.12. The topological polar surface area (TPSA) is 110 Å². The van der Waals surface area contributed by atoms with Crippen LogP contribution in [0.4, 0.5) is 4.79 Å². The van der Waals surface area contributed by atoms with Crippen LogP contribution in [0.3, 0.4) is 0 Å². The fourth-order valence-electron chi connectivity index (χ4n) is 3.35. The molecule has 0 N–H and O–H groups in total. The van der Waals surface area contributed by atoms with E-state index in [1.54, 1.807) is 49.0 Å². The normalized spacial score (nSPS) is 17.5. The van der Waals surface area contributed by atoms with Crippen molar-refractivity contribution in [3.63, 3.8) is 0 Å². The van der Waals surface area contributed by atoms with Crippen molar-refractivity contribution < 1.29 is 27.2 Å². The average Bonchev–Trinajstić information content (AvgIpc) is 3.13. The van der Waals surface area contributed by atoms with E-state index in [-0.39, 0.29) is 36.3 Å². The predicted octanol–water partition coefficient (Wildman–Crippen LogP) is 2.65. The Morgan fingerprint density at radius 2 is 1.97 bits per heavy atom. The van der Waals surface area contributed by atoms with Gasteiger partial charge < -0.3 is 19.0 Å². The minimum absolute atomic E-state index is 0.0539. The highest BCUT2D eigenvalue weighted by molar-refractivity contribution is 7.89. The molecule has 1 fully saturated rings. The number of carbonyl (C=O) groups is 2. The Morgan fingerprint density at radius 1 is 1.23 bits per heavy atom. The Labute approximate surface area is 181 Å². The van der Waals surface area contributed by atoms with E-state index in [0.717, 1.165) is 11.8 Å². The van der Waals surface area contributed by atoms with Crippen LogP contribution in [0.15, 0.2) is 41.1 Å². The SMILES string of the molecule is CC(C)(C)OC(=O)N1CCN(C(=O)c2ccc(CS(C)(=O)=O)o2)[C@H](c2cccnc2)C1. The maximum Gasteiger partial charge on any atom is 0.410 e. The smallest absolute Gasteiger partial charge is 0.410 e. The van der Waals surface area contributed by atoms with E-state index < -0.39 is 27.6 Å². The molecule has 1 atom stereocenters. The lowest BCUT2D eigenvalue weighted by Crippen LogP contribution is -2.53. The Morgan fingerprint density at radius 3 is 2.58 bits per heavy atom. The van der Waals surface area contributed by atoms with Crippen LogP contribution in [0.2, 0.25) is 0 Å². The number of ether oxygens (including phenoxy) is 1. The molecule has 168 valence electrons. The highest BCUT2D eigenvalue weighted by Gasteiger charge is 2.36. The van der Waals surface area contributed by atoms with Crippen molar-refractivity contribution in [2.24, 2.45) is 0 Å². The molecule has 0 unspecified atom stereocenters. The van der Waals surface area contributed by atoms with Crippen LogP contribution in [0.1, 0.15) is 48.7 Å². The molecule has 0 radical (unpaired) electrons. The average molecular weight is 450 g/mol. The first-order valence-corrected chi connectivity index (χ1v) is 11.9. The van der Waals surface area contributed by atoms with Gasteiger partial charge in [-0.15, -0.1) is 0 Å². The Balaban J connectivity index is 1.84. The molecule has 0 bridgehead atoms. The van der Waals surface area contributed by atoms with Crippen LogP contribution in [0.25, 0.3) is 0 Å². The summed E-state index contributed by atoms with van der Waals surface area (Å²) in [6.07, 6.45) is 3.95. The van der Waals surface area contributed by atoms with Crippen molar-refractivity contribution in [2.75, 3.05) is 25.9 Å². The first-order valence-electron chi connectivity index (χ1n) is 9.88. The van der Waals surface area contributed by atoms with Crippen LogP contribution in [0.5, 0.6) is 0 Å². The number of aromatic nitrogens is 1. The number of nitrogens with zero attached hydrogens (tertiary/aromatic N) is 3. The number of pyridine rings is 1. The third-order valence-electron chi connectivity index (χ3n) is 4.64. The highest BCUT2D eigenvalue weighted by atomic mass is 32.2. The molecule has 0 saturated carbocycles. The second kappa shape index (κ2) is 8.70. The lowest BCUT2D eigenvalue weighted by molar-refractivity contribution is 0.00341. The molecule has 9 nitrogen and oxygen atoms in total. The standard InChI is InChI=1S/C21H27N3O6S/c1-21(2,3)30-20(26)23-10-11-24(17(13-23)15-6-5-9-22-12-15)19(25)18-8-7-16(29-18)14-31(4,27)28/h5-9,12,17H,10-11,13-14H2,1-4H3/t17-/m0/s1. The van der Waals surface area contributed by atoms with Crippen LogP contribution < -0.4 is 0 Å². The Bertz CT molecular complexity index is 1040. The van der Waals surface area contributed by atoms with E-state index in [0.29, 0.717) is 6.54 Å². The number of carbonyl (C=O) groups excluding carboxylic acids is 2. The third-order valence-corrected chi connectivity index (χ3v) is 5.45. The monoisotopic (exact) mass is 449 g/mol. The van der Waals surface area contributed by atoms with Gasteiger partial charge in [-0.25, -0.2) is 13.2 Å². The van der Waals surface area contributed by atoms with Gasteiger partial charge in [0.25, 0.3) is 5.91 Å². The van der Waals surface area contributed by atoms with Gasteiger partial charge in [0.1, 0.15) is 17.1 Å². The fourth-order valence-corrected chi connectivity index (χ4v) is 4.02. The maximum atomic E-state index is 13.2. The number of piperazine rings is 1. The van der Waals surface area contributed by atoms with E-state index in [1.165, 1.54) is 12.1 Å². The third kappa shape index (κ3) is 6.06. The molecule has 0 aromatic carbocycles. The minimum atomic E-state index is -3.29. The molecule has 2 aromatic rings. The quantitative estimate of drug-likeness (QED) is 0.706. The van der Waals surface area contributed by atoms with Crippen molar-refractivity contribution in [1.82, 2.24) is 14.8 Å². The van der Waals surface area contributed by atoms with Gasteiger partial charge in [-0.05, 0) is 44.5 Å². The predicted molar refractivity (Wildman–Crippen MR) is 113 cm³/mol. The molecule has 3 heterocycles. The molecule has 1 aliphatic heterocycles. The molecule has 2 amide bonds. The summed E-state index contributed by atoms with van der Waals surface area (Å²) in [5.74, 6) is -0.398. The molecule has 0 aliphatic carbocycles. The van der Waals surface area contributed by atoms with Gasteiger partial charge >= 0.3 is 6.09 Å². The zero-order valence-corrected chi connectivity index (χ0v) is 18.9. The summed E-state index contributed by atoms with van der Waals surface area (Å²) in [7, 11) is -3.29. The summed E-state index contributed by atoms with van der Waals surface area (Å²) in [5.41, 5.74) is 0.143. The molecular formula is C21H27N3O6S. The van der Waals surface area contributed by atoms with Crippen LogP contribution in [0, 0.1) is 0 Å². The molecule has 2 aromatic heterocycles. The van der Waals surface area contributed by atoms with Crippen molar-refractivity contribution in [1.29, 1.82) is 0 Å². The van der Waals surface area contributed by atoms with Gasteiger partial charge in [0.05, 0.1) is 6.04 Å². The summed E-state index contributed by atoms with van der Waals surface area (Å²) >= 11 is 0. The van der Waals surface area contributed by atoms with Gasteiger partial charge in [0.15, 0.2) is 15.6 Å². The molecule has 3 rings (SSSR count). The lowest BCUT2D eigenvalue weighted by Gasteiger charge is -2.41. The first kappa shape index (κ1) is 22.8. The number of amides is 2. The Hall–Kier alpha value is -2.88. The van der Waals surface area contributed by atoms with E-state index in [9.17, 15) is 18.0 Å². The molecule has 1 aliphatic rings. The Kier molecular flexibility index (Phi) is 6.40. The van der Waals surface area contributed by atoms with Gasteiger partial charge in [-0.1, -0.05) is 6.07 Å². The van der Waals surface area contributed by atoms with E-state index in [1.807, 2.05) is 6.07 Å². The zero-order valence-electron chi connectivity index (χ0n) is 18.1. The highest BCUT2D eigenvalue weighted by Crippen LogP contribution is 2.28. The van der Waals surface area contributed by atoms with Crippen LogP contribution >= 0.6 is 0 Å². The number of furan rings is 1. The number of hydrogen-bond donors (Lipinski definition) is 0. The summed E-state index contributed by atoms with van der Waals surface area (Å²) in [6.45, 7) is 6.20. The first-order chi connectivity index (χ1) is 14.4. The van der Waals surface area contributed by atoms with Crippen molar-refractivity contribution in [3.8, 4) is 0 Å². The maximum absolute atomic E-state index is 13.2. The summed E-state index contributed by atoms with van der Waals surface area (Å²) < 4.78 is 34.0. The van der Waals surface area contributed by atoms with Crippen LogP contribution in [-0.2, 0) is 20.3 Å². The van der Waals surface area contributed by atoms with Crippen molar-refractivity contribution >= 4 is 21.8 Å². The minimum Gasteiger partial charge on any atom is -0.455 e. The zero-order chi connectivity index (χ0) is 22.8. The largest absolute Gasteiger partial charge is 0.455 e. The van der Waals surface area contributed by atoms with Gasteiger partial charge in [0.2, 0.25) is 0 Å². The van der Waals surface area contributed by atoms with Crippen molar-refractivity contribution in [2.45, 2.75) is 38.2 Å². The van der Waals surface area contributed by atoms with Gasteiger partial charge in [-0.3, -0.25) is 9.78 Å². The van der Waals surface area contributed by atoms with E-state index >= 15 is 0 Å². The van der Waals surface area contributed by atoms with Crippen molar-refractivity contribution in [3.05, 3.63) is 53.7 Å². The molecular weight excluding hydrogens is 422 g/mol. The summed E-state index contributed by atoms with van der Waals surface area (Å²) in [4.78, 5) is 33.1. The molecule has 10 heteroatoms. The fraction of sp³-hybridized carbons (Fsp3) is 0.476. The summed E-state index contributed by atoms with van der Waals surface area (Å²) in [5, 5.41) is 0.